The highest BCUT2D eigenvalue weighted by molar-refractivity contribution is 8.93. The Labute approximate surface area is 138 Å². The largest absolute Gasteiger partial charge is 0.377 e. The minimum Gasteiger partial charge on any atom is -0.377 e. The van der Waals surface area contributed by atoms with Crippen molar-refractivity contribution in [1.82, 2.24) is 0 Å². The van der Waals surface area contributed by atoms with Crippen molar-refractivity contribution in [3.63, 3.8) is 0 Å². The summed E-state index contributed by atoms with van der Waals surface area (Å²) in [6, 6.07) is 0. The molecular formula is C17H38BrNO. The van der Waals surface area contributed by atoms with Gasteiger partial charge in [0.2, 0.25) is 0 Å². The van der Waals surface area contributed by atoms with E-state index in [0.29, 0.717) is 0 Å². The van der Waals surface area contributed by atoms with Crippen LogP contribution in [0.25, 0.3) is 0 Å². The SMILES string of the molecule is Br.CCCCCCCCCCOC(C)C(N)(CC)CC. The number of halogens is 1. The third-order valence-corrected chi connectivity index (χ3v) is 4.49. The van der Waals surface area contributed by atoms with Gasteiger partial charge in [-0.25, -0.2) is 0 Å². The molecule has 0 saturated heterocycles. The summed E-state index contributed by atoms with van der Waals surface area (Å²) in [6.07, 6.45) is 12.9. The molecule has 0 aliphatic carbocycles. The van der Waals surface area contributed by atoms with Gasteiger partial charge in [-0.15, -0.1) is 17.0 Å². The summed E-state index contributed by atoms with van der Waals surface area (Å²) in [6.45, 7) is 9.56. The Morgan fingerprint density at radius 1 is 0.850 bits per heavy atom. The van der Waals surface area contributed by atoms with Crippen LogP contribution in [0, 0.1) is 0 Å². The highest BCUT2D eigenvalue weighted by Crippen LogP contribution is 2.19. The summed E-state index contributed by atoms with van der Waals surface area (Å²) in [7, 11) is 0. The van der Waals surface area contributed by atoms with Crippen molar-refractivity contribution in [2.24, 2.45) is 5.73 Å². The molecule has 2 nitrogen and oxygen atoms in total. The molecule has 0 fully saturated rings. The molecule has 1 atom stereocenters. The molecule has 0 aliphatic rings. The molecule has 124 valence electrons. The molecule has 2 N–H and O–H groups in total. The molecule has 1 unspecified atom stereocenters. The van der Waals surface area contributed by atoms with E-state index in [1.165, 1.54) is 51.4 Å². The van der Waals surface area contributed by atoms with Crippen LogP contribution in [0.15, 0.2) is 0 Å². The highest BCUT2D eigenvalue weighted by atomic mass is 79.9. The zero-order valence-corrected chi connectivity index (χ0v) is 16.0. The first kappa shape index (κ1) is 22.7. The van der Waals surface area contributed by atoms with E-state index in [1.807, 2.05) is 0 Å². The van der Waals surface area contributed by atoms with Gasteiger partial charge < -0.3 is 10.5 Å². The Morgan fingerprint density at radius 2 is 1.30 bits per heavy atom. The molecule has 0 bridgehead atoms. The van der Waals surface area contributed by atoms with E-state index in [1.54, 1.807) is 0 Å². The molecule has 20 heavy (non-hydrogen) atoms. The minimum atomic E-state index is -0.139. The molecule has 0 aromatic rings. The van der Waals surface area contributed by atoms with Gasteiger partial charge in [0.1, 0.15) is 0 Å². The molecule has 0 saturated carbocycles. The van der Waals surface area contributed by atoms with Gasteiger partial charge in [0.15, 0.2) is 0 Å². The topological polar surface area (TPSA) is 35.2 Å². The summed E-state index contributed by atoms with van der Waals surface area (Å²) in [5, 5.41) is 0. The number of unbranched alkanes of at least 4 members (excludes halogenated alkanes) is 7. The van der Waals surface area contributed by atoms with Crippen LogP contribution in [0.1, 0.15) is 91.9 Å². The van der Waals surface area contributed by atoms with Crippen molar-refractivity contribution in [2.45, 2.75) is 104 Å². The van der Waals surface area contributed by atoms with Crippen molar-refractivity contribution >= 4 is 17.0 Å². The van der Waals surface area contributed by atoms with E-state index in [2.05, 4.69) is 27.7 Å². The van der Waals surface area contributed by atoms with E-state index >= 15 is 0 Å². The molecule has 0 radical (unpaired) electrons. The van der Waals surface area contributed by atoms with Gasteiger partial charge in [0.25, 0.3) is 0 Å². The standard InChI is InChI=1S/C17H37NO.BrH/c1-5-8-9-10-11-12-13-14-15-19-16(4)17(18,6-2)7-3;/h16H,5-15,18H2,1-4H3;1H. The summed E-state index contributed by atoms with van der Waals surface area (Å²) in [4.78, 5) is 0. The average Bonchev–Trinajstić information content (AvgIpc) is 2.44. The van der Waals surface area contributed by atoms with Crippen LogP contribution in [0.4, 0.5) is 0 Å². The van der Waals surface area contributed by atoms with E-state index in [4.69, 9.17) is 10.5 Å². The Bertz CT molecular complexity index is 195. The fraction of sp³-hybridized carbons (Fsp3) is 1.00. The van der Waals surface area contributed by atoms with Crippen molar-refractivity contribution in [1.29, 1.82) is 0 Å². The first-order valence-corrected chi connectivity index (χ1v) is 8.51. The maximum Gasteiger partial charge on any atom is 0.0726 e. The molecule has 0 aromatic carbocycles. The van der Waals surface area contributed by atoms with Crippen LogP contribution in [0.2, 0.25) is 0 Å². The maximum absolute atomic E-state index is 6.32. The summed E-state index contributed by atoms with van der Waals surface area (Å²) in [5.41, 5.74) is 6.19. The van der Waals surface area contributed by atoms with Gasteiger partial charge in [-0.05, 0) is 26.2 Å². The fourth-order valence-electron chi connectivity index (χ4n) is 2.49. The molecule has 0 rings (SSSR count). The summed E-state index contributed by atoms with van der Waals surface area (Å²) < 4.78 is 5.91. The maximum atomic E-state index is 6.32. The molecule has 0 heterocycles. The van der Waals surface area contributed by atoms with E-state index in [0.717, 1.165) is 19.4 Å². The monoisotopic (exact) mass is 351 g/mol. The average molecular weight is 352 g/mol. The first-order chi connectivity index (χ1) is 9.10. The number of hydrogen-bond donors (Lipinski definition) is 1. The zero-order valence-electron chi connectivity index (χ0n) is 14.2. The zero-order chi connectivity index (χ0) is 14.6. The normalized spacial score (nSPS) is 13.1. The van der Waals surface area contributed by atoms with Gasteiger partial charge in [-0.1, -0.05) is 65.7 Å². The van der Waals surface area contributed by atoms with Crippen LogP contribution in [-0.2, 0) is 4.74 Å². The van der Waals surface area contributed by atoms with Gasteiger partial charge >= 0.3 is 0 Å². The molecule has 0 aromatic heterocycles. The van der Waals surface area contributed by atoms with Crippen molar-refractivity contribution in [3.05, 3.63) is 0 Å². The number of ether oxygens (including phenoxy) is 1. The van der Waals surface area contributed by atoms with Crippen molar-refractivity contribution < 1.29 is 4.74 Å². The Balaban J connectivity index is 0. The first-order valence-electron chi connectivity index (χ1n) is 8.51. The van der Waals surface area contributed by atoms with Gasteiger partial charge in [-0.2, -0.15) is 0 Å². The molecule has 0 amide bonds. The van der Waals surface area contributed by atoms with Crippen molar-refractivity contribution in [3.8, 4) is 0 Å². The third-order valence-electron chi connectivity index (χ3n) is 4.49. The lowest BCUT2D eigenvalue weighted by atomic mass is 9.88. The van der Waals surface area contributed by atoms with Crippen LogP contribution in [-0.4, -0.2) is 18.2 Å². The van der Waals surface area contributed by atoms with E-state index in [-0.39, 0.29) is 28.6 Å². The molecule has 0 aliphatic heterocycles. The summed E-state index contributed by atoms with van der Waals surface area (Å²) in [5.74, 6) is 0. The van der Waals surface area contributed by atoms with E-state index in [9.17, 15) is 0 Å². The fourth-order valence-corrected chi connectivity index (χ4v) is 2.49. The predicted octanol–water partition coefficient (Wildman–Crippen LogP) is 5.63. The van der Waals surface area contributed by atoms with Gasteiger partial charge in [-0.3, -0.25) is 0 Å². The molecule has 0 spiro atoms. The summed E-state index contributed by atoms with van der Waals surface area (Å²) >= 11 is 0. The number of nitrogens with two attached hydrogens (primary N) is 1. The second-order valence-electron chi connectivity index (χ2n) is 5.93. The number of rotatable bonds is 13. The minimum absolute atomic E-state index is 0. The van der Waals surface area contributed by atoms with E-state index < -0.39 is 0 Å². The van der Waals surface area contributed by atoms with Gasteiger partial charge in [0.05, 0.1) is 6.10 Å². The Hall–Kier alpha value is 0.400. The second-order valence-corrected chi connectivity index (χ2v) is 5.93. The molecule has 3 heteroatoms. The van der Waals surface area contributed by atoms with Gasteiger partial charge in [0, 0.05) is 12.1 Å². The number of hydrogen-bond acceptors (Lipinski definition) is 2. The van der Waals surface area contributed by atoms with Crippen LogP contribution in [0.3, 0.4) is 0 Å². The quantitative estimate of drug-likeness (QED) is 0.436. The second kappa shape index (κ2) is 14.3. The highest BCUT2D eigenvalue weighted by Gasteiger charge is 2.28. The smallest absolute Gasteiger partial charge is 0.0726 e. The predicted molar refractivity (Wildman–Crippen MR) is 95.8 cm³/mol. The van der Waals surface area contributed by atoms with Crippen LogP contribution >= 0.6 is 17.0 Å². The third kappa shape index (κ3) is 10.2. The van der Waals surface area contributed by atoms with Crippen molar-refractivity contribution in [2.75, 3.05) is 6.61 Å². The lowest BCUT2D eigenvalue weighted by Crippen LogP contribution is -2.49. The lowest BCUT2D eigenvalue weighted by Gasteiger charge is -2.33. The van der Waals surface area contributed by atoms with Crippen LogP contribution in [0.5, 0.6) is 0 Å². The Morgan fingerprint density at radius 3 is 1.75 bits per heavy atom. The molecular weight excluding hydrogens is 314 g/mol. The Kier molecular flexibility index (Phi) is 16.3. The van der Waals surface area contributed by atoms with Crippen LogP contribution < -0.4 is 5.73 Å². The lowest BCUT2D eigenvalue weighted by molar-refractivity contribution is 0.00573.